The van der Waals surface area contributed by atoms with Gasteiger partial charge in [0.15, 0.2) is 15.8 Å². The third-order valence-electron chi connectivity index (χ3n) is 4.39. The van der Waals surface area contributed by atoms with E-state index in [1.54, 1.807) is 13.2 Å². The predicted octanol–water partition coefficient (Wildman–Crippen LogP) is 3.24. The maximum atomic E-state index is 13.7. The predicted molar refractivity (Wildman–Crippen MR) is 131 cm³/mol. The highest BCUT2D eigenvalue weighted by Crippen LogP contribution is 2.16. The molecule has 0 bridgehead atoms. The molecule has 1 aromatic heterocycles. The van der Waals surface area contributed by atoms with Gasteiger partial charge in [-0.15, -0.1) is 24.0 Å². The maximum Gasteiger partial charge on any atom is 0.191 e. The number of sulfone groups is 1. The van der Waals surface area contributed by atoms with E-state index >= 15 is 0 Å². The third kappa shape index (κ3) is 7.62. The topological polar surface area (TPSA) is 99.2 Å². The first-order valence-electron chi connectivity index (χ1n) is 9.33. The summed E-state index contributed by atoms with van der Waals surface area (Å²) >= 11 is 0. The van der Waals surface area contributed by atoms with Crippen LogP contribution in [0.4, 0.5) is 4.39 Å². The van der Waals surface area contributed by atoms with Crippen molar-refractivity contribution < 1.29 is 12.8 Å². The Morgan fingerprint density at radius 1 is 1.10 bits per heavy atom. The zero-order chi connectivity index (χ0) is 21.6. The van der Waals surface area contributed by atoms with Crippen molar-refractivity contribution in [2.24, 2.45) is 4.99 Å². The fraction of sp³-hybridized carbons (Fsp3) is 0.238. The van der Waals surface area contributed by atoms with Gasteiger partial charge >= 0.3 is 0 Å². The van der Waals surface area contributed by atoms with Crippen LogP contribution in [0, 0.1) is 5.82 Å². The smallest absolute Gasteiger partial charge is 0.191 e. The summed E-state index contributed by atoms with van der Waals surface area (Å²) in [6.07, 6.45) is 2.92. The van der Waals surface area contributed by atoms with Crippen LogP contribution < -0.4 is 10.6 Å². The largest absolute Gasteiger partial charge is 0.352 e. The molecule has 10 heteroatoms. The highest BCUT2D eigenvalue weighted by molar-refractivity contribution is 14.0. The van der Waals surface area contributed by atoms with Crippen LogP contribution >= 0.6 is 24.0 Å². The van der Waals surface area contributed by atoms with Crippen LogP contribution in [-0.4, -0.2) is 37.6 Å². The Morgan fingerprint density at radius 2 is 1.81 bits per heavy atom. The molecule has 3 N–H and O–H groups in total. The van der Waals surface area contributed by atoms with E-state index in [-0.39, 0.29) is 36.3 Å². The number of H-pyrrole nitrogens is 1. The molecule has 0 aliphatic heterocycles. The van der Waals surface area contributed by atoms with Gasteiger partial charge < -0.3 is 15.6 Å². The molecule has 7 nitrogen and oxygen atoms in total. The standard InChI is InChI=1S/C21H24FN5O2S.HI/c1-23-21(25-11-17-10-18(22)9-8-16(17)14-30(2,28)29)26-13-20-24-12-19(27-20)15-6-4-3-5-7-15;/h3-10,12H,11,13-14H2,1-2H3,(H,24,27)(H2,23,25,26);1H. The Morgan fingerprint density at radius 3 is 2.48 bits per heavy atom. The average molecular weight is 557 g/mol. The number of aliphatic imine (C=N–C) groups is 1. The molecular weight excluding hydrogens is 532 g/mol. The van der Waals surface area contributed by atoms with Crippen LogP contribution in [-0.2, 0) is 28.7 Å². The van der Waals surface area contributed by atoms with Crippen molar-refractivity contribution in [1.29, 1.82) is 0 Å². The molecule has 0 atom stereocenters. The van der Waals surface area contributed by atoms with Gasteiger partial charge in [0.25, 0.3) is 0 Å². The minimum Gasteiger partial charge on any atom is -0.352 e. The van der Waals surface area contributed by atoms with Gasteiger partial charge in [-0.3, -0.25) is 4.99 Å². The van der Waals surface area contributed by atoms with Crippen LogP contribution in [0.2, 0.25) is 0 Å². The second kappa shape index (κ2) is 11.2. The number of guanidine groups is 1. The molecule has 1 heterocycles. The summed E-state index contributed by atoms with van der Waals surface area (Å²) in [6, 6.07) is 14.0. The van der Waals surface area contributed by atoms with E-state index in [1.165, 1.54) is 18.2 Å². The Kier molecular flexibility index (Phi) is 8.99. The molecular formula is C21H25FIN5O2S. The zero-order valence-electron chi connectivity index (χ0n) is 17.2. The van der Waals surface area contributed by atoms with Gasteiger partial charge in [-0.2, -0.15) is 0 Å². The first-order valence-corrected chi connectivity index (χ1v) is 11.4. The zero-order valence-corrected chi connectivity index (χ0v) is 20.4. The summed E-state index contributed by atoms with van der Waals surface area (Å²) < 4.78 is 36.9. The number of rotatable bonds is 7. The van der Waals surface area contributed by atoms with Crippen molar-refractivity contribution in [2.75, 3.05) is 13.3 Å². The minimum atomic E-state index is -3.23. The van der Waals surface area contributed by atoms with Crippen molar-refractivity contribution in [1.82, 2.24) is 20.6 Å². The van der Waals surface area contributed by atoms with E-state index in [1.807, 2.05) is 30.3 Å². The Balaban J connectivity index is 0.00000341. The molecule has 0 spiro atoms. The normalized spacial score (nSPS) is 11.6. The van der Waals surface area contributed by atoms with Crippen molar-refractivity contribution in [3.05, 3.63) is 77.5 Å². The number of hydrogen-bond donors (Lipinski definition) is 3. The second-order valence-corrected chi connectivity index (χ2v) is 9.01. The first-order chi connectivity index (χ1) is 14.3. The monoisotopic (exact) mass is 557 g/mol. The van der Waals surface area contributed by atoms with Crippen LogP contribution in [0.5, 0.6) is 0 Å². The highest BCUT2D eigenvalue weighted by Gasteiger charge is 2.11. The van der Waals surface area contributed by atoms with E-state index in [2.05, 4.69) is 25.6 Å². The number of benzene rings is 2. The molecule has 166 valence electrons. The molecule has 0 aliphatic rings. The van der Waals surface area contributed by atoms with Gasteiger partial charge in [-0.05, 0) is 28.8 Å². The van der Waals surface area contributed by atoms with Gasteiger partial charge in [-0.1, -0.05) is 36.4 Å². The van der Waals surface area contributed by atoms with Crippen LogP contribution in [0.1, 0.15) is 17.0 Å². The summed E-state index contributed by atoms with van der Waals surface area (Å²) in [5.41, 5.74) is 3.08. The lowest BCUT2D eigenvalue weighted by molar-refractivity contribution is 0.599. The number of halogens is 2. The lowest BCUT2D eigenvalue weighted by Crippen LogP contribution is -2.36. The Bertz CT molecular complexity index is 1130. The second-order valence-electron chi connectivity index (χ2n) is 6.87. The summed E-state index contributed by atoms with van der Waals surface area (Å²) in [5.74, 6) is 0.656. The van der Waals surface area contributed by atoms with E-state index in [0.717, 1.165) is 23.3 Å². The highest BCUT2D eigenvalue weighted by atomic mass is 127. The molecule has 0 unspecified atom stereocenters. The quantitative estimate of drug-likeness (QED) is 0.236. The molecule has 0 saturated heterocycles. The molecule has 0 aliphatic carbocycles. The molecule has 0 amide bonds. The minimum absolute atomic E-state index is 0. The lowest BCUT2D eigenvalue weighted by atomic mass is 10.1. The molecule has 0 radical (unpaired) electrons. The van der Waals surface area contributed by atoms with Crippen molar-refractivity contribution in [3.8, 4) is 11.3 Å². The van der Waals surface area contributed by atoms with Gasteiger partial charge in [0, 0.05) is 19.8 Å². The van der Waals surface area contributed by atoms with Crippen LogP contribution in [0.25, 0.3) is 11.3 Å². The SMILES string of the molecule is CN=C(NCc1ncc(-c2ccccc2)[nH]1)NCc1cc(F)ccc1CS(C)(=O)=O.I. The van der Waals surface area contributed by atoms with E-state index in [4.69, 9.17) is 0 Å². The van der Waals surface area contributed by atoms with Crippen molar-refractivity contribution in [2.45, 2.75) is 18.8 Å². The molecule has 31 heavy (non-hydrogen) atoms. The number of nitrogens with one attached hydrogen (secondary N) is 3. The van der Waals surface area contributed by atoms with E-state index < -0.39 is 15.7 Å². The third-order valence-corrected chi connectivity index (χ3v) is 5.23. The van der Waals surface area contributed by atoms with Crippen LogP contribution in [0.15, 0.2) is 59.7 Å². The molecule has 3 rings (SSSR count). The van der Waals surface area contributed by atoms with E-state index in [9.17, 15) is 12.8 Å². The molecule has 0 saturated carbocycles. The van der Waals surface area contributed by atoms with E-state index in [0.29, 0.717) is 23.6 Å². The lowest BCUT2D eigenvalue weighted by Gasteiger charge is -2.14. The molecule has 0 fully saturated rings. The number of imidazole rings is 1. The molecule has 2 aromatic carbocycles. The number of aromatic nitrogens is 2. The number of hydrogen-bond acceptors (Lipinski definition) is 4. The van der Waals surface area contributed by atoms with Crippen molar-refractivity contribution >= 4 is 39.8 Å². The average Bonchev–Trinajstić information content (AvgIpc) is 3.19. The molecule has 3 aromatic rings. The Hall–Kier alpha value is -2.47. The summed E-state index contributed by atoms with van der Waals surface area (Å²) in [5, 5.41) is 6.22. The number of aromatic amines is 1. The van der Waals surface area contributed by atoms with Crippen molar-refractivity contribution in [3.63, 3.8) is 0 Å². The Labute approximate surface area is 198 Å². The summed E-state index contributed by atoms with van der Waals surface area (Å²) in [4.78, 5) is 11.8. The fourth-order valence-corrected chi connectivity index (χ4v) is 3.81. The summed E-state index contributed by atoms with van der Waals surface area (Å²) in [7, 11) is -1.61. The van der Waals surface area contributed by atoms with Gasteiger partial charge in [-0.25, -0.2) is 17.8 Å². The van der Waals surface area contributed by atoms with Gasteiger partial charge in [0.1, 0.15) is 11.6 Å². The van der Waals surface area contributed by atoms with Crippen LogP contribution in [0.3, 0.4) is 0 Å². The van der Waals surface area contributed by atoms with Gasteiger partial charge in [0.05, 0.1) is 24.2 Å². The summed E-state index contributed by atoms with van der Waals surface area (Å²) in [6.45, 7) is 0.640. The number of nitrogens with zero attached hydrogens (tertiary/aromatic N) is 2. The van der Waals surface area contributed by atoms with Gasteiger partial charge in [0.2, 0.25) is 0 Å². The fourth-order valence-electron chi connectivity index (χ4n) is 2.97. The maximum absolute atomic E-state index is 13.7. The first kappa shape index (κ1) is 24.8.